The Hall–Kier alpha value is -3.09. The summed E-state index contributed by atoms with van der Waals surface area (Å²) in [6.07, 6.45) is 1.30. The quantitative estimate of drug-likeness (QED) is 0.769. The fourth-order valence-corrected chi connectivity index (χ4v) is 2.10. The number of hydrogen-bond donors (Lipinski definition) is 2. The highest BCUT2D eigenvalue weighted by atomic mass is 16.5. The van der Waals surface area contributed by atoms with Crippen LogP contribution in [0.5, 0.6) is 5.75 Å². The van der Waals surface area contributed by atoms with Crippen LogP contribution in [0.4, 0.5) is 11.6 Å². The van der Waals surface area contributed by atoms with Gasteiger partial charge in [0.2, 0.25) is 5.95 Å². The summed E-state index contributed by atoms with van der Waals surface area (Å²) in [6.45, 7) is 0. The van der Waals surface area contributed by atoms with Crippen LogP contribution in [0, 0.1) is 0 Å². The molecule has 22 heavy (non-hydrogen) atoms. The maximum absolute atomic E-state index is 11.0. The van der Waals surface area contributed by atoms with Crippen molar-refractivity contribution in [2.24, 2.45) is 7.05 Å². The molecule has 0 amide bonds. The highest BCUT2D eigenvalue weighted by molar-refractivity contribution is 5.91. The number of aromatic nitrogens is 3. The number of anilines is 2. The van der Waals surface area contributed by atoms with E-state index in [4.69, 9.17) is 9.84 Å². The number of ether oxygens (including phenoxy) is 1. The first-order valence-corrected chi connectivity index (χ1v) is 6.55. The van der Waals surface area contributed by atoms with E-state index < -0.39 is 5.97 Å². The van der Waals surface area contributed by atoms with Crippen LogP contribution in [0.15, 0.2) is 36.5 Å². The summed E-state index contributed by atoms with van der Waals surface area (Å²) in [5.74, 6) is 0.332. The van der Waals surface area contributed by atoms with Crippen molar-refractivity contribution in [3.63, 3.8) is 0 Å². The molecule has 0 aliphatic carbocycles. The minimum atomic E-state index is -1.01. The molecule has 7 heteroatoms. The number of pyridine rings is 1. The van der Waals surface area contributed by atoms with E-state index >= 15 is 0 Å². The first-order valence-electron chi connectivity index (χ1n) is 6.55. The van der Waals surface area contributed by atoms with E-state index in [9.17, 15) is 4.79 Å². The number of carboxylic acids is 1. The largest absolute Gasteiger partial charge is 0.497 e. The van der Waals surface area contributed by atoms with Gasteiger partial charge in [0.1, 0.15) is 5.75 Å². The fourth-order valence-electron chi connectivity index (χ4n) is 2.10. The van der Waals surface area contributed by atoms with Crippen molar-refractivity contribution >= 4 is 28.8 Å². The Bertz CT molecular complexity index is 840. The Labute approximate surface area is 126 Å². The predicted octanol–water partition coefficient (Wildman–Crippen LogP) is 2.42. The zero-order valence-corrected chi connectivity index (χ0v) is 12.1. The molecule has 0 spiro atoms. The second-order valence-corrected chi connectivity index (χ2v) is 4.72. The van der Waals surface area contributed by atoms with Gasteiger partial charge in [0.15, 0.2) is 5.65 Å². The van der Waals surface area contributed by atoms with Gasteiger partial charge in [0, 0.05) is 18.9 Å². The van der Waals surface area contributed by atoms with Crippen LogP contribution >= 0.6 is 0 Å². The lowest BCUT2D eigenvalue weighted by atomic mass is 10.3. The van der Waals surface area contributed by atoms with E-state index in [0.29, 0.717) is 17.1 Å². The van der Waals surface area contributed by atoms with Crippen LogP contribution in [-0.4, -0.2) is 32.7 Å². The van der Waals surface area contributed by atoms with Gasteiger partial charge >= 0.3 is 5.97 Å². The van der Waals surface area contributed by atoms with Gasteiger partial charge in [0.25, 0.3) is 0 Å². The Morgan fingerprint density at radius 3 is 2.68 bits per heavy atom. The van der Waals surface area contributed by atoms with Crippen LogP contribution in [0.1, 0.15) is 10.4 Å². The second kappa shape index (κ2) is 5.36. The minimum absolute atomic E-state index is 0.131. The summed E-state index contributed by atoms with van der Waals surface area (Å²) in [6, 6.07) is 8.97. The zero-order chi connectivity index (χ0) is 15.7. The Balaban J connectivity index is 1.96. The fraction of sp³-hybridized carbons (Fsp3) is 0.133. The Morgan fingerprint density at radius 2 is 2.05 bits per heavy atom. The molecule has 2 N–H and O–H groups in total. The summed E-state index contributed by atoms with van der Waals surface area (Å²) < 4.78 is 6.88. The number of fused-ring (bicyclic) bond motifs is 1. The summed E-state index contributed by atoms with van der Waals surface area (Å²) in [5, 5.41) is 12.2. The highest BCUT2D eigenvalue weighted by Crippen LogP contribution is 2.22. The molecule has 112 valence electrons. The molecule has 3 rings (SSSR count). The number of nitrogens with zero attached hydrogens (tertiary/aromatic N) is 3. The van der Waals surface area contributed by atoms with E-state index in [1.54, 1.807) is 24.8 Å². The maximum atomic E-state index is 11.0. The van der Waals surface area contributed by atoms with Gasteiger partial charge < -0.3 is 19.7 Å². The summed E-state index contributed by atoms with van der Waals surface area (Å²) >= 11 is 0. The van der Waals surface area contributed by atoms with E-state index in [-0.39, 0.29) is 5.56 Å². The number of methoxy groups -OCH3 is 1. The number of aromatic carboxylic acids is 1. The summed E-state index contributed by atoms with van der Waals surface area (Å²) in [5.41, 5.74) is 2.11. The van der Waals surface area contributed by atoms with Gasteiger partial charge in [-0.1, -0.05) is 0 Å². The smallest absolute Gasteiger partial charge is 0.337 e. The van der Waals surface area contributed by atoms with Crippen LogP contribution in [0.25, 0.3) is 11.2 Å². The molecule has 0 aliphatic rings. The molecule has 0 bridgehead atoms. The average Bonchev–Trinajstić information content (AvgIpc) is 2.84. The number of nitrogens with one attached hydrogen (secondary N) is 1. The normalized spacial score (nSPS) is 10.6. The molecule has 3 aromatic rings. The molecule has 0 unspecified atom stereocenters. The molecule has 2 heterocycles. The van der Waals surface area contributed by atoms with Crippen LogP contribution in [0.2, 0.25) is 0 Å². The van der Waals surface area contributed by atoms with Gasteiger partial charge in [-0.2, -0.15) is 4.98 Å². The van der Waals surface area contributed by atoms with Gasteiger partial charge in [-0.3, -0.25) is 0 Å². The number of hydrogen-bond acceptors (Lipinski definition) is 5. The molecule has 0 saturated carbocycles. The number of carbonyl (C=O) groups is 1. The first-order chi connectivity index (χ1) is 10.6. The lowest BCUT2D eigenvalue weighted by Gasteiger charge is -2.07. The lowest BCUT2D eigenvalue weighted by Crippen LogP contribution is -2.00. The number of aryl methyl sites for hydroxylation is 1. The molecule has 0 radical (unpaired) electrons. The SMILES string of the molecule is COc1ccc(Nc2nc3ncc(C(=O)O)cc3n2C)cc1. The van der Waals surface area contributed by atoms with Crippen LogP contribution < -0.4 is 10.1 Å². The monoisotopic (exact) mass is 298 g/mol. The number of carboxylic acid groups (broad SMARTS) is 1. The molecule has 1 aromatic carbocycles. The van der Waals surface area contributed by atoms with E-state index in [1.165, 1.54) is 6.20 Å². The zero-order valence-electron chi connectivity index (χ0n) is 12.1. The number of benzene rings is 1. The lowest BCUT2D eigenvalue weighted by molar-refractivity contribution is 0.0696. The van der Waals surface area contributed by atoms with Gasteiger partial charge in [-0.25, -0.2) is 9.78 Å². The van der Waals surface area contributed by atoms with Crippen LogP contribution in [0.3, 0.4) is 0 Å². The third-order valence-electron chi connectivity index (χ3n) is 3.33. The average molecular weight is 298 g/mol. The van der Waals surface area contributed by atoms with Gasteiger partial charge in [0.05, 0.1) is 18.2 Å². The van der Waals surface area contributed by atoms with Gasteiger partial charge in [-0.15, -0.1) is 0 Å². The van der Waals surface area contributed by atoms with Crippen molar-refractivity contribution in [3.8, 4) is 5.75 Å². The van der Waals surface area contributed by atoms with Crippen LogP contribution in [-0.2, 0) is 7.05 Å². The highest BCUT2D eigenvalue weighted by Gasteiger charge is 2.12. The van der Waals surface area contributed by atoms with Crippen molar-refractivity contribution in [1.82, 2.24) is 14.5 Å². The van der Waals surface area contributed by atoms with E-state index in [0.717, 1.165) is 11.4 Å². The Kier molecular flexibility index (Phi) is 3.38. The molecular weight excluding hydrogens is 284 g/mol. The molecule has 0 atom stereocenters. The molecular formula is C15H14N4O3. The standard InChI is InChI=1S/C15H14N4O3/c1-19-12-7-9(14(20)21)8-16-13(12)18-15(19)17-10-3-5-11(22-2)6-4-10/h3-8H,1-2H3,(H,20,21)(H,16,17,18). The van der Waals surface area contributed by atoms with Crippen molar-refractivity contribution < 1.29 is 14.6 Å². The number of rotatable bonds is 4. The maximum Gasteiger partial charge on any atom is 0.337 e. The van der Waals surface area contributed by atoms with Crippen molar-refractivity contribution in [3.05, 3.63) is 42.1 Å². The van der Waals surface area contributed by atoms with E-state index in [1.807, 2.05) is 24.3 Å². The third-order valence-corrected chi connectivity index (χ3v) is 3.33. The molecule has 0 saturated heterocycles. The van der Waals surface area contributed by atoms with Crippen molar-refractivity contribution in [2.45, 2.75) is 0 Å². The topological polar surface area (TPSA) is 89.3 Å². The first kappa shape index (κ1) is 13.9. The summed E-state index contributed by atoms with van der Waals surface area (Å²) in [7, 11) is 3.41. The van der Waals surface area contributed by atoms with E-state index in [2.05, 4.69) is 15.3 Å². The van der Waals surface area contributed by atoms with Gasteiger partial charge in [-0.05, 0) is 30.3 Å². The van der Waals surface area contributed by atoms with Crippen molar-refractivity contribution in [2.75, 3.05) is 12.4 Å². The molecule has 0 fully saturated rings. The molecule has 7 nitrogen and oxygen atoms in total. The molecule has 0 aliphatic heterocycles. The Morgan fingerprint density at radius 1 is 1.32 bits per heavy atom. The summed E-state index contributed by atoms with van der Waals surface area (Å²) in [4.78, 5) is 19.5. The van der Waals surface area contributed by atoms with Crippen molar-refractivity contribution in [1.29, 1.82) is 0 Å². The second-order valence-electron chi connectivity index (χ2n) is 4.72. The minimum Gasteiger partial charge on any atom is -0.497 e. The molecule has 2 aromatic heterocycles. The predicted molar refractivity (Wildman–Crippen MR) is 81.7 cm³/mol. The third kappa shape index (κ3) is 2.44. The number of imidazole rings is 1.